The van der Waals surface area contributed by atoms with Crippen LogP contribution >= 0.6 is 0 Å². The number of methoxy groups -OCH3 is 1. The first-order valence-electron chi connectivity index (χ1n) is 5.15. The molecule has 0 aromatic carbocycles. The van der Waals surface area contributed by atoms with E-state index in [9.17, 15) is 0 Å². The molecule has 1 unspecified atom stereocenters. The van der Waals surface area contributed by atoms with Crippen LogP contribution in [-0.2, 0) is 17.8 Å². The van der Waals surface area contributed by atoms with E-state index in [-0.39, 0.29) is 0 Å². The normalized spacial score (nSPS) is 21.6. The second-order valence-electron chi connectivity index (χ2n) is 3.86. The minimum absolute atomic E-state index is 0.572. The lowest BCUT2D eigenvalue weighted by Crippen LogP contribution is -2.10. The van der Waals surface area contributed by atoms with Gasteiger partial charge in [-0.15, -0.1) is 0 Å². The molecule has 1 fully saturated rings. The predicted molar refractivity (Wildman–Crippen MR) is 54.1 cm³/mol. The Morgan fingerprint density at radius 2 is 2.36 bits per heavy atom. The summed E-state index contributed by atoms with van der Waals surface area (Å²) in [6.45, 7) is 2.85. The molecule has 1 N–H and O–H groups in total. The van der Waals surface area contributed by atoms with Crippen molar-refractivity contribution in [3.63, 3.8) is 0 Å². The Hall–Kier alpha value is -0.800. The van der Waals surface area contributed by atoms with Gasteiger partial charge < -0.3 is 14.5 Å². The third kappa shape index (κ3) is 2.36. The van der Waals surface area contributed by atoms with Gasteiger partial charge in [-0.25, -0.2) is 0 Å². The van der Waals surface area contributed by atoms with Gasteiger partial charge in [-0.2, -0.15) is 0 Å². The van der Waals surface area contributed by atoms with Crippen LogP contribution in [-0.4, -0.2) is 20.2 Å². The van der Waals surface area contributed by atoms with E-state index in [1.165, 1.54) is 6.42 Å². The Morgan fingerprint density at radius 1 is 1.50 bits per heavy atom. The van der Waals surface area contributed by atoms with Gasteiger partial charge in [0.15, 0.2) is 0 Å². The van der Waals surface area contributed by atoms with E-state index in [1.54, 1.807) is 7.11 Å². The summed E-state index contributed by atoms with van der Waals surface area (Å²) in [5.41, 5.74) is 0. The molecule has 1 aromatic heterocycles. The highest BCUT2D eigenvalue weighted by Gasteiger charge is 2.16. The SMILES string of the molecule is COCc1ccc(CC2CCNC2)o1. The Morgan fingerprint density at radius 3 is 3.07 bits per heavy atom. The summed E-state index contributed by atoms with van der Waals surface area (Å²) in [7, 11) is 1.68. The highest BCUT2D eigenvalue weighted by molar-refractivity contribution is 5.07. The van der Waals surface area contributed by atoms with Gasteiger partial charge in [0.1, 0.15) is 18.1 Å². The van der Waals surface area contributed by atoms with Crippen molar-refractivity contribution in [3.8, 4) is 0 Å². The van der Waals surface area contributed by atoms with E-state index in [1.807, 2.05) is 6.07 Å². The summed E-state index contributed by atoms with van der Waals surface area (Å²) < 4.78 is 10.6. The molecule has 1 atom stereocenters. The molecule has 1 saturated heterocycles. The van der Waals surface area contributed by atoms with Crippen LogP contribution in [0.1, 0.15) is 17.9 Å². The van der Waals surface area contributed by atoms with Crippen LogP contribution in [0.3, 0.4) is 0 Å². The third-order valence-corrected chi connectivity index (χ3v) is 2.66. The van der Waals surface area contributed by atoms with Crippen LogP contribution in [0.5, 0.6) is 0 Å². The number of hydrogen-bond acceptors (Lipinski definition) is 3. The summed E-state index contributed by atoms with van der Waals surface area (Å²) in [6.07, 6.45) is 2.32. The molecule has 1 aliphatic heterocycles. The summed E-state index contributed by atoms with van der Waals surface area (Å²) in [6, 6.07) is 4.06. The lowest BCUT2D eigenvalue weighted by molar-refractivity contribution is 0.162. The number of furan rings is 1. The zero-order valence-electron chi connectivity index (χ0n) is 8.58. The minimum Gasteiger partial charge on any atom is -0.464 e. The van der Waals surface area contributed by atoms with Gasteiger partial charge in [-0.05, 0) is 37.6 Å². The van der Waals surface area contributed by atoms with Gasteiger partial charge in [0.25, 0.3) is 0 Å². The number of hydrogen-bond donors (Lipinski definition) is 1. The van der Waals surface area contributed by atoms with Crippen molar-refractivity contribution in [1.82, 2.24) is 5.32 Å². The van der Waals surface area contributed by atoms with E-state index in [0.717, 1.165) is 36.9 Å². The predicted octanol–water partition coefficient (Wildman–Crippen LogP) is 1.58. The maximum atomic E-state index is 5.63. The molecule has 0 saturated carbocycles. The quantitative estimate of drug-likeness (QED) is 0.792. The van der Waals surface area contributed by atoms with Crippen LogP contribution in [0.4, 0.5) is 0 Å². The smallest absolute Gasteiger partial charge is 0.129 e. The van der Waals surface area contributed by atoms with Gasteiger partial charge in [0.2, 0.25) is 0 Å². The molecular weight excluding hydrogens is 178 g/mol. The first-order chi connectivity index (χ1) is 6.88. The summed E-state index contributed by atoms with van der Waals surface area (Å²) in [4.78, 5) is 0. The van der Waals surface area contributed by atoms with Crippen LogP contribution in [0, 0.1) is 5.92 Å². The second-order valence-corrected chi connectivity index (χ2v) is 3.86. The number of nitrogens with one attached hydrogen (secondary N) is 1. The Bertz CT molecular complexity index is 277. The number of rotatable bonds is 4. The molecule has 0 bridgehead atoms. The molecule has 3 nitrogen and oxygen atoms in total. The van der Waals surface area contributed by atoms with E-state index in [0.29, 0.717) is 6.61 Å². The number of ether oxygens (including phenoxy) is 1. The lowest BCUT2D eigenvalue weighted by atomic mass is 10.0. The minimum atomic E-state index is 0.572. The zero-order chi connectivity index (χ0) is 9.80. The first kappa shape index (κ1) is 9.74. The largest absolute Gasteiger partial charge is 0.464 e. The van der Waals surface area contributed by atoms with Crippen molar-refractivity contribution in [3.05, 3.63) is 23.7 Å². The van der Waals surface area contributed by atoms with Gasteiger partial charge in [0.05, 0.1) is 0 Å². The molecule has 1 aliphatic rings. The van der Waals surface area contributed by atoms with Crippen LogP contribution < -0.4 is 5.32 Å². The highest BCUT2D eigenvalue weighted by Crippen LogP contribution is 2.17. The van der Waals surface area contributed by atoms with Crippen molar-refractivity contribution < 1.29 is 9.15 Å². The Labute approximate surface area is 84.4 Å². The van der Waals surface area contributed by atoms with E-state index < -0.39 is 0 Å². The van der Waals surface area contributed by atoms with Gasteiger partial charge >= 0.3 is 0 Å². The molecule has 2 rings (SSSR count). The van der Waals surface area contributed by atoms with Crippen molar-refractivity contribution in [2.45, 2.75) is 19.4 Å². The standard InChI is InChI=1S/C11H17NO2/c1-13-8-11-3-2-10(14-11)6-9-4-5-12-7-9/h2-3,9,12H,4-8H2,1H3. The van der Waals surface area contributed by atoms with Crippen molar-refractivity contribution in [1.29, 1.82) is 0 Å². The molecule has 14 heavy (non-hydrogen) atoms. The fourth-order valence-corrected chi connectivity index (χ4v) is 1.93. The fourth-order valence-electron chi connectivity index (χ4n) is 1.93. The molecule has 2 heterocycles. The topological polar surface area (TPSA) is 34.4 Å². The Balaban J connectivity index is 1.88. The molecule has 1 aromatic rings. The van der Waals surface area contributed by atoms with Crippen LogP contribution in [0.25, 0.3) is 0 Å². The van der Waals surface area contributed by atoms with Crippen molar-refractivity contribution in [2.24, 2.45) is 5.92 Å². The first-order valence-corrected chi connectivity index (χ1v) is 5.15. The van der Waals surface area contributed by atoms with Crippen molar-refractivity contribution in [2.75, 3.05) is 20.2 Å². The maximum absolute atomic E-state index is 5.63. The maximum Gasteiger partial charge on any atom is 0.129 e. The van der Waals surface area contributed by atoms with E-state index in [4.69, 9.17) is 9.15 Å². The summed E-state index contributed by atoms with van der Waals surface area (Å²) >= 11 is 0. The van der Waals surface area contributed by atoms with E-state index in [2.05, 4.69) is 11.4 Å². The van der Waals surface area contributed by atoms with Crippen LogP contribution in [0.15, 0.2) is 16.5 Å². The zero-order valence-corrected chi connectivity index (χ0v) is 8.58. The molecule has 0 aliphatic carbocycles. The molecule has 3 heteroatoms. The second kappa shape index (κ2) is 4.62. The summed E-state index contributed by atoms with van der Waals surface area (Å²) in [5, 5.41) is 3.36. The van der Waals surface area contributed by atoms with E-state index >= 15 is 0 Å². The average Bonchev–Trinajstić information content (AvgIpc) is 2.79. The average molecular weight is 195 g/mol. The fraction of sp³-hybridized carbons (Fsp3) is 0.636. The molecule has 78 valence electrons. The van der Waals surface area contributed by atoms with Gasteiger partial charge in [0, 0.05) is 13.5 Å². The molecule has 0 amide bonds. The molecule has 0 radical (unpaired) electrons. The van der Waals surface area contributed by atoms with Crippen molar-refractivity contribution >= 4 is 0 Å². The van der Waals surface area contributed by atoms with Gasteiger partial charge in [-0.3, -0.25) is 0 Å². The third-order valence-electron chi connectivity index (χ3n) is 2.66. The highest BCUT2D eigenvalue weighted by atomic mass is 16.5. The molecular formula is C11H17NO2. The van der Waals surface area contributed by atoms with Gasteiger partial charge in [-0.1, -0.05) is 0 Å². The van der Waals surface area contributed by atoms with Crippen LogP contribution in [0.2, 0.25) is 0 Å². The summed E-state index contributed by atoms with van der Waals surface area (Å²) in [5.74, 6) is 2.76. The molecule has 0 spiro atoms. The monoisotopic (exact) mass is 195 g/mol. The lowest BCUT2D eigenvalue weighted by Gasteiger charge is -2.04. The Kier molecular flexibility index (Phi) is 3.22.